The predicted octanol–water partition coefficient (Wildman–Crippen LogP) is 4.71. The summed E-state index contributed by atoms with van der Waals surface area (Å²) in [6.45, 7) is 11.0. The molecule has 7 nitrogen and oxygen atoms in total. The van der Waals surface area contributed by atoms with Gasteiger partial charge in [0.05, 0.1) is 17.7 Å². The monoisotopic (exact) mass is 499 g/mol. The molecule has 0 aliphatic carbocycles. The van der Waals surface area contributed by atoms with Gasteiger partial charge in [-0.2, -0.15) is 4.98 Å². The van der Waals surface area contributed by atoms with Crippen molar-refractivity contribution in [1.82, 2.24) is 20.4 Å². The van der Waals surface area contributed by atoms with Gasteiger partial charge < -0.3 is 19.5 Å². The van der Waals surface area contributed by atoms with Crippen molar-refractivity contribution in [2.24, 2.45) is 0 Å². The zero-order valence-electron chi connectivity index (χ0n) is 19.1. The number of pyridine rings is 1. The highest BCUT2D eigenvalue weighted by Gasteiger charge is 2.32. The number of hydrogen-bond donors (Lipinski definition) is 1. The van der Waals surface area contributed by atoms with Crippen LogP contribution < -0.4 is 10.2 Å². The second kappa shape index (κ2) is 8.72. The predicted molar refractivity (Wildman–Crippen MR) is 129 cm³/mol. The lowest BCUT2D eigenvalue weighted by atomic mass is 9.95. The molecule has 2 aliphatic rings. The summed E-state index contributed by atoms with van der Waals surface area (Å²) in [5, 5.41) is 8.98. The molecule has 3 aromatic rings. The molecule has 2 aromatic heterocycles. The van der Waals surface area contributed by atoms with Crippen LogP contribution in [0.15, 0.2) is 21.1 Å². The number of hydrogen-bond acceptors (Lipinski definition) is 7. The smallest absolute Gasteiger partial charge is 0.261 e. The molecule has 1 N–H and O–H groups in total. The van der Waals surface area contributed by atoms with Gasteiger partial charge in [0, 0.05) is 41.1 Å². The van der Waals surface area contributed by atoms with Gasteiger partial charge in [-0.15, -0.1) is 0 Å². The Morgan fingerprint density at radius 2 is 1.97 bits per heavy atom. The third-order valence-corrected chi connectivity index (χ3v) is 7.23. The van der Waals surface area contributed by atoms with Gasteiger partial charge in [0.1, 0.15) is 5.82 Å². The van der Waals surface area contributed by atoms with Crippen molar-refractivity contribution in [3.8, 4) is 11.5 Å². The minimum atomic E-state index is 0.339. The van der Waals surface area contributed by atoms with Crippen LogP contribution in [-0.2, 0) is 4.74 Å². The SMILES string of the molecule is Cc1noc(-c2c(N3CC[C@@H](N[C@@H]4CCOC4)CC3C)nc3c(C)cc(Br)cc3c2C)n1. The molecular weight excluding hydrogens is 470 g/mol. The highest BCUT2D eigenvalue weighted by atomic mass is 79.9. The van der Waals surface area contributed by atoms with Gasteiger partial charge in [-0.3, -0.25) is 0 Å². The molecule has 2 saturated heterocycles. The van der Waals surface area contributed by atoms with Crippen LogP contribution in [0.25, 0.3) is 22.4 Å². The number of rotatable bonds is 4. The second-order valence-corrected chi connectivity index (χ2v) is 10.1. The summed E-state index contributed by atoms with van der Waals surface area (Å²) in [4.78, 5) is 12.2. The van der Waals surface area contributed by atoms with E-state index in [0.717, 1.165) is 76.9 Å². The standard InChI is InChI=1S/C24H30BrN5O2/c1-13-9-17(25)11-20-15(3)21(24-26-16(4)29-32-24)23(28-22(13)20)30-7-5-18(10-14(30)2)27-19-6-8-31-12-19/h9,11,14,18-19,27H,5-8,10,12H2,1-4H3/t14?,18-,19-/m1/s1. The average molecular weight is 500 g/mol. The van der Waals surface area contributed by atoms with E-state index in [1.165, 1.54) is 0 Å². The molecule has 5 rings (SSSR count). The molecule has 2 fully saturated rings. The van der Waals surface area contributed by atoms with Crippen molar-refractivity contribution in [2.45, 2.75) is 65.1 Å². The van der Waals surface area contributed by atoms with Crippen molar-refractivity contribution >= 4 is 32.7 Å². The lowest BCUT2D eigenvalue weighted by Crippen LogP contribution is -2.50. The van der Waals surface area contributed by atoms with Crippen molar-refractivity contribution < 1.29 is 9.26 Å². The normalized spacial score (nSPS) is 23.9. The number of halogens is 1. The Morgan fingerprint density at radius 3 is 2.66 bits per heavy atom. The van der Waals surface area contributed by atoms with Gasteiger partial charge in [0.25, 0.3) is 5.89 Å². The maximum Gasteiger partial charge on any atom is 0.261 e. The van der Waals surface area contributed by atoms with E-state index >= 15 is 0 Å². The van der Waals surface area contributed by atoms with Crippen LogP contribution in [0.5, 0.6) is 0 Å². The largest absolute Gasteiger partial charge is 0.380 e. The Hall–Kier alpha value is -2.03. The first kappa shape index (κ1) is 21.8. The van der Waals surface area contributed by atoms with Gasteiger partial charge in [0.15, 0.2) is 5.82 Å². The zero-order chi connectivity index (χ0) is 22.4. The number of nitrogens with one attached hydrogen (secondary N) is 1. The lowest BCUT2D eigenvalue weighted by Gasteiger charge is -2.40. The zero-order valence-corrected chi connectivity index (χ0v) is 20.7. The highest BCUT2D eigenvalue weighted by Crippen LogP contribution is 2.39. The lowest BCUT2D eigenvalue weighted by molar-refractivity contribution is 0.185. The van der Waals surface area contributed by atoms with Crippen LogP contribution in [-0.4, -0.2) is 53.0 Å². The number of aryl methyl sites for hydroxylation is 3. The number of aromatic nitrogens is 3. The molecular formula is C24H30BrN5O2. The molecule has 0 amide bonds. The van der Waals surface area contributed by atoms with Crippen LogP contribution >= 0.6 is 15.9 Å². The number of benzene rings is 1. The quantitative estimate of drug-likeness (QED) is 0.556. The van der Waals surface area contributed by atoms with E-state index in [1.54, 1.807) is 0 Å². The molecule has 0 spiro atoms. The molecule has 3 atom stereocenters. The van der Waals surface area contributed by atoms with Crippen LogP contribution in [0, 0.1) is 20.8 Å². The van der Waals surface area contributed by atoms with Gasteiger partial charge >= 0.3 is 0 Å². The van der Waals surface area contributed by atoms with E-state index in [0.29, 0.717) is 29.8 Å². The van der Waals surface area contributed by atoms with Crippen LogP contribution in [0.4, 0.5) is 5.82 Å². The van der Waals surface area contributed by atoms with Crippen molar-refractivity contribution in [1.29, 1.82) is 0 Å². The molecule has 1 unspecified atom stereocenters. The summed E-state index contributed by atoms with van der Waals surface area (Å²) < 4.78 is 12.2. The molecule has 2 aliphatic heterocycles. The van der Waals surface area contributed by atoms with E-state index in [2.05, 4.69) is 69.2 Å². The summed E-state index contributed by atoms with van der Waals surface area (Å²) in [5.41, 5.74) is 4.24. The van der Waals surface area contributed by atoms with Crippen LogP contribution in [0.3, 0.4) is 0 Å². The molecule has 8 heteroatoms. The summed E-state index contributed by atoms with van der Waals surface area (Å²) in [6.07, 6.45) is 3.24. The second-order valence-electron chi connectivity index (χ2n) is 9.19. The molecule has 0 radical (unpaired) electrons. The fraction of sp³-hybridized carbons (Fsp3) is 0.542. The molecule has 1 aromatic carbocycles. The maximum atomic E-state index is 5.65. The van der Waals surface area contributed by atoms with Crippen molar-refractivity contribution in [3.05, 3.63) is 33.6 Å². The molecule has 32 heavy (non-hydrogen) atoms. The summed E-state index contributed by atoms with van der Waals surface area (Å²) in [7, 11) is 0. The highest BCUT2D eigenvalue weighted by molar-refractivity contribution is 9.10. The van der Waals surface area contributed by atoms with Gasteiger partial charge in [0.2, 0.25) is 0 Å². The Kier molecular flexibility index (Phi) is 5.94. The number of ether oxygens (including phenoxy) is 1. The van der Waals surface area contributed by atoms with E-state index in [9.17, 15) is 0 Å². The average Bonchev–Trinajstić information content (AvgIpc) is 3.40. The Balaban J connectivity index is 1.55. The Labute approximate surface area is 197 Å². The summed E-state index contributed by atoms with van der Waals surface area (Å²) >= 11 is 3.64. The minimum Gasteiger partial charge on any atom is -0.380 e. The Bertz CT molecular complexity index is 1140. The minimum absolute atomic E-state index is 0.339. The summed E-state index contributed by atoms with van der Waals surface area (Å²) in [6, 6.07) is 5.58. The van der Waals surface area contributed by atoms with Crippen molar-refractivity contribution in [3.63, 3.8) is 0 Å². The van der Waals surface area contributed by atoms with Crippen LogP contribution in [0.2, 0.25) is 0 Å². The molecule has 0 bridgehead atoms. The molecule has 4 heterocycles. The van der Waals surface area contributed by atoms with Gasteiger partial charge in [-0.1, -0.05) is 21.1 Å². The molecule has 0 saturated carbocycles. The molecule has 170 valence electrons. The number of nitrogens with zero attached hydrogens (tertiary/aromatic N) is 4. The number of anilines is 1. The fourth-order valence-electron chi connectivity index (χ4n) is 5.13. The number of piperidine rings is 1. The van der Waals surface area contributed by atoms with E-state index < -0.39 is 0 Å². The topological polar surface area (TPSA) is 76.3 Å². The fourth-order valence-corrected chi connectivity index (χ4v) is 5.71. The van der Waals surface area contributed by atoms with Gasteiger partial charge in [-0.25, -0.2) is 4.98 Å². The third-order valence-electron chi connectivity index (χ3n) is 6.78. The van der Waals surface area contributed by atoms with E-state index in [4.69, 9.17) is 14.2 Å². The first-order valence-electron chi connectivity index (χ1n) is 11.4. The third kappa shape index (κ3) is 4.04. The Morgan fingerprint density at radius 1 is 1.12 bits per heavy atom. The number of fused-ring (bicyclic) bond motifs is 1. The summed E-state index contributed by atoms with van der Waals surface area (Å²) in [5.74, 6) is 2.11. The van der Waals surface area contributed by atoms with Crippen LogP contribution in [0.1, 0.15) is 43.1 Å². The van der Waals surface area contributed by atoms with Crippen molar-refractivity contribution in [2.75, 3.05) is 24.7 Å². The maximum absolute atomic E-state index is 5.65. The van der Waals surface area contributed by atoms with E-state index in [-0.39, 0.29) is 0 Å². The van der Waals surface area contributed by atoms with Gasteiger partial charge in [-0.05, 0) is 70.2 Å². The first-order valence-corrected chi connectivity index (χ1v) is 12.2. The van der Waals surface area contributed by atoms with E-state index in [1.807, 2.05) is 6.92 Å². The first-order chi connectivity index (χ1) is 15.4.